The van der Waals surface area contributed by atoms with Crippen molar-refractivity contribution in [3.8, 4) is 0 Å². The Labute approximate surface area is 136 Å². The van der Waals surface area contributed by atoms with Gasteiger partial charge in [0.15, 0.2) is 0 Å². The minimum absolute atomic E-state index is 0.0422. The quantitative estimate of drug-likeness (QED) is 0.859. The number of amides is 1. The predicted molar refractivity (Wildman–Crippen MR) is 91.3 cm³/mol. The van der Waals surface area contributed by atoms with Gasteiger partial charge in [-0.2, -0.15) is 0 Å². The summed E-state index contributed by atoms with van der Waals surface area (Å²) < 4.78 is 0. The van der Waals surface area contributed by atoms with Crippen LogP contribution < -0.4 is 5.32 Å². The fourth-order valence-corrected chi connectivity index (χ4v) is 2.97. The Kier molecular flexibility index (Phi) is 5.37. The number of aryl methyl sites for hydroxylation is 1. The second-order valence-corrected chi connectivity index (χ2v) is 7.31. The van der Waals surface area contributed by atoms with E-state index in [1.54, 1.807) is 25.2 Å². The van der Waals surface area contributed by atoms with Crippen molar-refractivity contribution in [2.75, 3.05) is 6.54 Å². The van der Waals surface area contributed by atoms with Gasteiger partial charge in [-0.05, 0) is 44.2 Å². The van der Waals surface area contributed by atoms with E-state index in [0.29, 0.717) is 6.42 Å². The largest absolute Gasteiger partial charge is 0.389 e. The van der Waals surface area contributed by atoms with Gasteiger partial charge in [-0.1, -0.05) is 35.9 Å². The van der Waals surface area contributed by atoms with Crippen molar-refractivity contribution in [2.45, 2.75) is 38.7 Å². The number of thiophene rings is 1. The molecule has 4 heteroatoms. The summed E-state index contributed by atoms with van der Waals surface area (Å²) in [7, 11) is 0. The maximum atomic E-state index is 12.6. The molecular weight excluding hydrogens is 294 g/mol. The second kappa shape index (κ2) is 7.07. The fraction of sp³-hybridized carbons (Fsp3) is 0.389. The van der Waals surface area contributed by atoms with Crippen LogP contribution in [-0.4, -0.2) is 23.2 Å². The van der Waals surface area contributed by atoms with Crippen molar-refractivity contribution in [1.29, 1.82) is 0 Å². The summed E-state index contributed by atoms with van der Waals surface area (Å²) >= 11 is 1.66. The van der Waals surface area contributed by atoms with E-state index in [1.165, 1.54) is 10.4 Å². The summed E-state index contributed by atoms with van der Waals surface area (Å²) in [5.74, 6) is -0.277. The highest BCUT2D eigenvalue weighted by molar-refractivity contribution is 7.09. The van der Waals surface area contributed by atoms with E-state index >= 15 is 0 Å². The van der Waals surface area contributed by atoms with Crippen LogP contribution in [0.2, 0.25) is 0 Å². The lowest BCUT2D eigenvalue weighted by Gasteiger charge is -2.21. The molecule has 1 atom stereocenters. The van der Waals surface area contributed by atoms with Crippen LogP contribution in [0, 0.1) is 6.92 Å². The lowest BCUT2D eigenvalue weighted by Crippen LogP contribution is -2.40. The smallest absolute Gasteiger partial charge is 0.228 e. The van der Waals surface area contributed by atoms with Gasteiger partial charge in [-0.25, -0.2) is 0 Å². The molecule has 0 radical (unpaired) electrons. The molecule has 1 amide bonds. The van der Waals surface area contributed by atoms with Gasteiger partial charge in [0.1, 0.15) is 0 Å². The average Bonchev–Trinajstić information content (AvgIpc) is 2.96. The molecule has 1 heterocycles. The average molecular weight is 317 g/mol. The van der Waals surface area contributed by atoms with Crippen LogP contribution in [-0.2, 0) is 11.2 Å². The van der Waals surface area contributed by atoms with Crippen molar-refractivity contribution in [3.63, 3.8) is 0 Å². The summed E-state index contributed by atoms with van der Waals surface area (Å²) in [6, 6.07) is 12.1. The number of benzene rings is 1. The SMILES string of the molecule is Cc1ccc(C(Cc2cccs2)C(=O)NCC(C)(C)O)cc1. The van der Waals surface area contributed by atoms with E-state index in [2.05, 4.69) is 11.4 Å². The van der Waals surface area contributed by atoms with E-state index in [4.69, 9.17) is 0 Å². The second-order valence-electron chi connectivity index (χ2n) is 6.28. The molecule has 0 saturated heterocycles. The summed E-state index contributed by atoms with van der Waals surface area (Å²) in [6.45, 7) is 5.66. The first-order valence-electron chi connectivity index (χ1n) is 7.44. The normalized spacial score (nSPS) is 12.9. The minimum Gasteiger partial charge on any atom is -0.389 e. The van der Waals surface area contributed by atoms with Crippen LogP contribution in [0.15, 0.2) is 41.8 Å². The zero-order valence-electron chi connectivity index (χ0n) is 13.3. The summed E-state index contributed by atoms with van der Waals surface area (Å²) in [6.07, 6.45) is 0.679. The van der Waals surface area contributed by atoms with Gasteiger partial charge in [0.25, 0.3) is 0 Å². The molecular formula is C18H23NO2S. The predicted octanol–water partition coefficient (Wildman–Crippen LogP) is 3.27. The van der Waals surface area contributed by atoms with Gasteiger partial charge >= 0.3 is 0 Å². The van der Waals surface area contributed by atoms with Gasteiger partial charge in [0, 0.05) is 11.4 Å². The molecule has 1 aromatic heterocycles. The molecule has 1 unspecified atom stereocenters. The van der Waals surface area contributed by atoms with Gasteiger partial charge in [-0.15, -0.1) is 11.3 Å². The van der Waals surface area contributed by atoms with Gasteiger partial charge < -0.3 is 10.4 Å². The number of rotatable bonds is 6. The molecule has 1 aromatic carbocycles. The molecule has 0 fully saturated rings. The topological polar surface area (TPSA) is 49.3 Å². The van der Waals surface area contributed by atoms with Crippen LogP contribution in [0.25, 0.3) is 0 Å². The first kappa shape index (κ1) is 16.7. The Morgan fingerprint density at radius 1 is 1.27 bits per heavy atom. The number of nitrogens with one attached hydrogen (secondary N) is 1. The first-order valence-corrected chi connectivity index (χ1v) is 8.32. The van der Waals surface area contributed by atoms with Crippen molar-refractivity contribution in [3.05, 3.63) is 57.8 Å². The third-order valence-electron chi connectivity index (χ3n) is 3.48. The van der Waals surface area contributed by atoms with E-state index in [0.717, 1.165) is 5.56 Å². The number of carbonyl (C=O) groups excluding carboxylic acids is 1. The Morgan fingerprint density at radius 2 is 1.95 bits per heavy atom. The molecule has 0 aliphatic heterocycles. The number of hydrogen-bond acceptors (Lipinski definition) is 3. The molecule has 0 bridgehead atoms. The minimum atomic E-state index is -0.906. The van der Waals surface area contributed by atoms with E-state index in [1.807, 2.05) is 42.6 Å². The molecule has 2 N–H and O–H groups in total. The van der Waals surface area contributed by atoms with Crippen LogP contribution in [0.3, 0.4) is 0 Å². The molecule has 0 saturated carbocycles. The molecule has 0 aliphatic rings. The van der Waals surface area contributed by atoms with Crippen molar-refractivity contribution in [1.82, 2.24) is 5.32 Å². The van der Waals surface area contributed by atoms with Crippen molar-refractivity contribution >= 4 is 17.2 Å². The lowest BCUT2D eigenvalue weighted by atomic mass is 9.93. The standard InChI is InChI=1S/C18H23NO2S/c1-13-6-8-14(9-7-13)16(11-15-5-4-10-22-15)17(20)19-12-18(2,3)21/h4-10,16,21H,11-12H2,1-3H3,(H,19,20). The molecule has 22 heavy (non-hydrogen) atoms. The molecule has 3 nitrogen and oxygen atoms in total. The third kappa shape index (κ3) is 4.97. The van der Waals surface area contributed by atoms with Crippen molar-refractivity contribution < 1.29 is 9.90 Å². The highest BCUT2D eigenvalue weighted by Crippen LogP contribution is 2.24. The zero-order valence-corrected chi connectivity index (χ0v) is 14.1. The van der Waals surface area contributed by atoms with E-state index in [-0.39, 0.29) is 18.4 Å². The third-order valence-corrected chi connectivity index (χ3v) is 4.38. The Balaban J connectivity index is 2.17. The zero-order chi connectivity index (χ0) is 16.2. The lowest BCUT2D eigenvalue weighted by molar-refractivity contribution is -0.123. The Bertz CT molecular complexity index is 597. The van der Waals surface area contributed by atoms with Crippen LogP contribution >= 0.6 is 11.3 Å². The number of aliphatic hydroxyl groups is 1. The van der Waals surface area contributed by atoms with Gasteiger partial charge in [-0.3, -0.25) is 4.79 Å². The van der Waals surface area contributed by atoms with Gasteiger partial charge in [0.05, 0.1) is 11.5 Å². The summed E-state index contributed by atoms with van der Waals surface area (Å²) in [4.78, 5) is 13.8. The maximum Gasteiger partial charge on any atom is 0.228 e. The van der Waals surface area contributed by atoms with E-state index in [9.17, 15) is 9.90 Å². The summed E-state index contributed by atoms with van der Waals surface area (Å²) in [5, 5.41) is 14.7. The highest BCUT2D eigenvalue weighted by Gasteiger charge is 2.23. The maximum absolute atomic E-state index is 12.6. The van der Waals surface area contributed by atoms with Gasteiger partial charge in [0.2, 0.25) is 5.91 Å². The highest BCUT2D eigenvalue weighted by atomic mass is 32.1. The van der Waals surface area contributed by atoms with Crippen LogP contribution in [0.4, 0.5) is 0 Å². The molecule has 0 spiro atoms. The Hall–Kier alpha value is -1.65. The molecule has 0 aliphatic carbocycles. The molecule has 2 aromatic rings. The number of hydrogen-bond donors (Lipinski definition) is 2. The fourth-order valence-electron chi connectivity index (χ4n) is 2.22. The van der Waals surface area contributed by atoms with Crippen molar-refractivity contribution in [2.24, 2.45) is 0 Å². The number of carbonyl (C=O) groups is 1. The Morgan fingerprint density at radius 3 is 2.50 bits per heavy atom. The van der Waals surface area contributed by atoms with E-state index < -0.39 is 5.60 Å². The molecule has 118 valence electrons. The van der Waals surface area contributed by atoms with Crippen LogP contribution in [0.5, 0.6) is 0 Å². The monoisotopic (exact) mass is 317 g/mol. The molecule has 2 rings (SSSR count). The van der Waals surface area contributed by atoms with Crippen LogP contribution in [0.1, 0.15) is 35.8 Å². The summed E-state index contributed by atoms with van der Waals surface area (Å²) in [5.41, 5.74) is 1.28. The first-order chi connectivity index (χ1) is 10.3.